The fourth-order valence-electron chi connectivity index (χ4n) is 3.34. The summed E-state index contributed by atoms with van der Waals surface area (Å²) in [7, 11) is 0. The van der Waals surface area contributed by atoms with Gasteiger partial charge in [-0.2, -0.15) is 0 Å². The summed E-state index contributed by atoms with van der Waals surface area (Å²) < 4.78 is 0. The smallest absolute Gasteiger partial charge is 0.326 e. The van der Waals surface area contributed by atoms with E-state index in [-0.39, 0.29) is 25.0 Å². The molecule has 15 nitrogen and oxygen atoms in total. The van der Waals surface area contributed by atoms with E-state index in [2.05, 4.69) is 25.9 Å². The zero-order valence-electron chi connectivity index (χ0n) is 20.2. The van der Waals surface area contributed by atoms with Crippen LogP contribution in [0.4, 0.5) is 0 Å². The first-order valence-corrected chi connectivity index (χ1v) is 11.5. The van der Waals surface area contributed by atoms with E-state index in [0.717, 1.165) is 0 Å². The lowest BCUT2D eigenvalue weighted by atomic mass is 10.0. The molecule has 0 aliphatic heterocycles. The maximum absolute atomic E-state index is 13.1. The number of benzene rings is 1. The van der Waals surface area contributed by atoms with Crippen molar-refractivity contribution >= 4 is 29.7 Å². The van der Waals surface area contributed by atoms with Gasteiger partial charge in [-0.05, 0) is 24.1 Å². The SMILES string of the molecule is NC(CO)C(=O)NC(Cc1cnc[nH]1)C(=O)NC(CCC(=O)O)C(=O)NC(Cc1ccc(O)cc1)C(=O)O. The first kappa shape index (κ1) is 29.7. The van der Waals surface area contributed by atoms with Gasteiger partial charge >= 0.3 is 11.9 Å². The molecule has 206 valence electrons. The molecule has 3 amide bonds. The number of amides is 3. The summed E-state index contributed by atoms with van der Waals surface area (Å²) in [4.78, 5) is 67.8. The highest BCUT2D eigenvalue weighted by Gasteiger charge is 2.31. The molecule has 38 heavy (non-hydrogen) atoms. The predicted octanol–water partition coefficient (Wildman–Crippen LogP) is -2.38. The van der Waals surface area contributed by atoms with Gasteiger partial charge in [0.15, 0.2) is 0 Å². The van der Waals surface area contributed by atoms with Crippen molar-refractivity contribution in [1.29, 1.82) is 0 Å². The number of carbonyl (C=O) groups is 5. The number of nitrogens with zero attached hydrogens (tertiary/aromatic N) is 1. The fourth-order valence-corrected chi connectivity index (χ4v) is 3.34. The molecule has 0 bridgehead atoms. The molecule has 0 saturated carbocycles. The average molecular weight is 535 g/mol. The topological polar surface area (TPSA) is 257 Å². The second-order valence-corrected chi connectivity index (χ2v) is 8.39. The van der Waals surface area contributed by atoms with Crippen LogP contribution < -0.4 is 21.7 Å². The van der Waals surface area contributed by atoms with Crippen molar-refractivity contribution in [2.45, 2.75) is 49.9 Å². The highest BCUT2D eigenvalue weighted by Crippen LogP contribution is 2.12. The van der Waals surface area contributed by atoms with Gasteiger partial charge in [-0.1, -0.05) is 12.1 Å². The fraction of sp³-hybridized carbons (Fsp3) is 0.391. The zero-order chi connectivity index (χ0) is 28.2. The Balaban J connectivity index is 2.20. The zero-order valence-corrected chi connectivity index (χ0v) is 20.2. The molecule has 0 spiro atoms. The number of nitrogens with two attached hydrogens (primary N) is 1. The Bertz CT molecular complexity index is 1110. The number of nitrogens with one attached hydrogen (secondary N) is 4. The number of hydrogen-bond acceptors (Lipinski definition) is 9. The van der Waals surface area contributed by atoms with Crippen molar-refractivity contribution in [1.82, 2.24) is 25.9 Å². The van der Waals surface area contributed by atoms with E-state index in [9.17, 15) is 34.2 Å². The predicted molar refractivity (Wildman–Crippen MR) is 129 cm³/mol. The Labute approximate surface area is 216 Å². The van der Waals surface area contributed by atoms with E-state index in [1.807, 2.05) is 0 Å². The van der Waals surface area contributed by atoms with Crippen LogP contribution in [-0.4, -0.2) is 90.8 Å². The minimum Gasteiger partial charge on any atom is -0.508 e. The Morgan fingerprint density at radius 2 is 1.50 bits per heavy atom. The van der Waals surface area contributed by atoms with Crippen molar-refractivity contribution in [2.24, 2.45) is 5.73 Å². The number of carboxylic acid groups (broad SMARTS) is 2. The molecule has 1 heterocycles. The van der Waals surface area contributed by atoms with Crippen LogP contribution in [0, 0.1) is 0 Å². The van der Waals surface area contributed by atoms with Crippen molar-refractivity contribution < 1.29 is 44.4 Å². The van der Waals surface area contributed by atoms with Crippen LogP contribution in [-0.2, 0) is 36.8 Å². The van der Waals surface area contributed by atoms with Gasteiger partial charge in [-0.3, -0.25) is 19.2 Å². The van der Waals surface area contributed by atoms with E-state index in [1.54, 1.807) is 0 Å². The third-order valence-electron chi connectivity index (χ3n) is 5.42. The number of aliphatic carboxylic acids is 2. The number of aliphatic hydroxyl groups excluding tert-OH is 1. The Hall–Kier alpha value is -4.50. The summed E-state index contributed by atoms with van der Waals surface area (Å²) in [5.41, 5.74) is 6.44. The summed E-state index contributed by atoms with van der Waals surface area (Å²) in [5, 5.41) is 44.2. The van der Waals surface area contributed by atoms with Gasteiger partial charge in [-0.15, -0.1) is 0 Å². The van der Waals surface area contributed by atoms with Gasteiger partial charge in [0.25, 0.3) is 0 Å². The quantitative estimate of drug-likeness (QED) is 0.117. The molecule has 0 aliphatic rings. The van der Waals surface area contributed by atoms with Crippen LogP contribution >= 0.6 is 0 Å². The highest BCUT2D eigenvalue weighted by atomic mass is 16.4. The van der Waals surface area contributed by atoms with E-state index >= 15 is 0 Å². The van der Waals surface area contributed by atoms with Gasteiger partial charge in [-0.25, -0.2) is 9.78 Å². The van der Waals surface area contributed by atoms with Crippen LogP contribution in [0.5, 0.6) is 5.75 Å². The van der Waals surface area contributed by atoms with Crippen molar-refractivity contribution in [2.75, 3.05) is 6.61 Å². The number of phenolic OH excluding ortho intramolecular Hbond substituents is 1. The second-order valence-electron chi connectivity index (χ2n) is 8.39. The Kier molecular flexibility index (Phi) is 11.2. The standard InChI is InChI=1S/C23H30N6O9/c24-15(10-30)20(34)28-17(8-13-9-25-11-26-13)22(36)27-16(5-6-19(32)33)21(35)29-18(23(37)38)7-12-1-3-14(31)4-2-12/h1-4,9,11,15-18,30-31H,5-8,10,24H2,(H,25,26)(H,27,36)(H,28,34)(H,29,35)(H,32,33)(H,37,38). The number of aromatic hydroxyl groups is 1. The Morgan fingerprint density at radius 1 is 0.895 bits per heavy atom. The minimum absolute atomic E-state index is 0.0298. The summed E-state index contributed by atoms with van der Waals surface area (Å²) >= 11 is 0. The third-order valence-corrected chi connectivity index (χ3v) is 5.42. The Morgan fingerprint density at radius 3 is 2.05 bits per heavy atom. The first-order chi connectivity index (χ1) is 18.0. The summed E-state index contributed by atoms with van der Waals surface area (Å²) in [6.45, 7) is -0.689. The molecule has 10 N–H and O–H groups in total. The van der Waals surface area contributed by atoms with Gasteiger partial charge < -0.3 is 47.1 Å². The van der Waals surface area contributed by atoms with E-state index in [4.69, 9.17) is 15.9 Å². The molecule has 2 aromatic rings. The highest BCUT2D eigenvalue weighted by molar-refractivity contribution is 5.94. The van der Waals surface area contributed by atoms with Crippen LogP contribution in [0.15, 0.2) is 36.8 Å². The summed E-state index contributed by atoms with van der Waals surface area (Å²) in [5.74, 6) is -5.35. The monoisotopic (exact) mass is 534 g/mol. The summed E-state index contributed by atoms with van der Waals surface area (Å²) in [6, 6.07) is 0.127. The van der Waals surface area contributed by atoms with Crippen LogP contribution in [0.1, 0.15) is 24.1 Å². The number of carboxylic acids is 2. The van der Waals surface area contributed by atoms with Crippen molar-refractivity contribution in [3.05, 3.63) is 48.0 Å². The first-order valence-electron chi connectivity index (χ1n) is 11.5. The second kappa shape index (κ2) is 14.3. The molecule has 0 radical (unpaired) electrons. The van der Waals surface area contributed by atoms with E-state index < -0.39 is 66.9 Å². The molecule has 2 rings (SSSR count). The third kappa shape index (κ3) is 9.51. The molecule has 4 atom stereocenters. The number of rotatable bonds is 15. The molecular weight excluding hydrogens is 504 g/mol. The molecule has 0 fully saturated rings. The summed E-state index contributed by atoms with van der Waals surface area (Å²) in [6.07, 6.45) is 1.57. The van der Waals surface area contributed by atoms with Gasteiger partial charge in [0, 0.05) is 31.2 Å². The molecule has 1 aromatic heterocycles. The van der Waals surface area contributed by atoms with E-state index in [1.165, 1.54) is 36.8 Å². The maximum Gasteiger partial charge on any atom is 0.326 e. The van der Waals surface area contributed by atoms with Crippen LogP contribution in [0.3, 0.4) is 0 Å². The minimum atomic E-state index is -1.46. The number of phenols is 1. The van der Waals surface area contributed by atoms with E-state index in [0.29, 0.717) is 11.3 Å². The molecular formula is C23H30N6O9. The average Bonchev–Trinajstić information content (AvgIpc) is 3.39. The van der Waals surface area contributed by atoms with Crippen LogP contribution in [0.2, 0.25) is 0 Å². The number of H-pyrrole nitrogens is 1. The number of aliphatic hydroxyl groups is 1. The lowest BCUT2D eigenvalue weighted by Gasteiger charge is -2.25. The molecule has 0 saturated heterocycles. The van der Waals surface area contributed by atoms with Gasteiger partial charge in [0.2, 0.25) is 17.7 Å². The number of carbonyl (C=O) groups excluding carboxylic acids is 3. The van der Waals surface area contributed by atoms with Gasteiger partial charge in [0.05, 0.1) is 12.9 Å². The number of aromatic amines is 1. The molecule has 15 heteroatoms. The van der Waals surface area contributed by atoms with Crippen molar-refractivity contribution in [3.63, 3.8) is 0 Å². The molecule has 4 unspecified atom stereocenters. The van der Waals surface area contributed by atoms with Crippen LogP contribution in [0.25, 0.3) is 0 Å². The molecule has 0 aliphatic carbocycles. The van der Waals surface area contributed by atoms with Gasteiger partial charge in [0.1, 0.15) is 29.9 Å². The largest absolute Gasteiger partial charge is 0.508 e. The number of imidazole rings is 1. The normalized spacial score (nSPS) is 13.9. The number of aromatic nitrogens is 2. The maximum atomic E-state index is 13.1. The van der Waals surface area contributed by atoms with Crippen molar-refractivity contribution in [3.8, 4) is 5.75 Å². The lowest BCUT2D eigenvalue weighted by molar-refractivity contribution is -0.143. The number of hydrogen-bond donors (Lipinski definition) is 9. The lowest BCUT2D eigenvalue weighted by Crippen LogP contribution is -2.58. The molecule has 1 aromatic carbocycles.